The summed E-state index contributed by atoms with van der Waals surface area (Å²) in [6, 6.07) is 12.7. The summed E-state index contributed by atoms with van der Waals surface area (Å²) in [5.41, 5.74) is 1.98. The van der Waals surface area contributed by atoms with Crippen LogP contribution in [0.4, 0.5) is 5.69 Å². The molecule has 0 fully saturated rings. The quantitative estimate of drug-likeness (QED) is 0.591. The maximum Gasteiger partial charge on any atom is 0.337 e. The molecule has 1 aromatic heterocycles. The van der Waals surface area contributed by atoms with E-state index in [-0.39, 0.29) is 22.6 Å². The number of amides is 1. The number of hydrogen-bond donors (Lipinski definition) is 1. The number of benzene rings is 2. The highest BCUT2D eigenvalue weighted by atomic mass is 35.5. The van der Waals surface area contributed by atoms with E-state index < -0.39 is 17.8 Å². The van der Waals surface area contributed by atoms with Crippen LogP contribution < -0.4 is 5.32 Å². The molecule has 0 saturated carbocycles. The van der Waals surface area contributed by atoms with E-state index in [9.17, 15) is 14.4 Å². The number of carbonyl (C=O) groups is 3. The molecule has 3 aromatic rings. The number of carbonyl (C=O) groups excluding carboxylic acids is 3. The zero-order valence-electron chi connectivity index (χ0n) is 16.4. The molecule has 8 heteroatoms. The smallest absolute Gasteiger partial charge is 0.337 e. The molecular formula is C22H18ClNO6. The van der Waals surface area contributed by atoms with Crippen LogP contribution in [0, 0.1) is 6.92 Å². The minimum Gasteiger partial charge on any atom is -0.465 e. The second-order valence-corrected chi connectivity index (χ2v) is 6.72. The topological polar surface area (TPSA) is 94.8 Å². The lowest BCUT2D eigenvalue weighted by molar-refractivity contribution is 0.0599. The first kappa shape index (κ1) is 21.1. The average molecular weight is 428 g/mol. The molecule has 0 bridgehead atoms. The molecule has 1 amide bonds. The molecule has 1 N–H and O–H groups in total. The maximum atomic E-state index is 12.6. The lowest BCUT2D eigenvalue weighted by Crippen LogP contribution is -2.13. The number of furan rings is 1. The van der Waals surface area contributed by atoms with Crippen molar-refractivity contribution in [1.29, 1.82) is 0 Å². The first-order valence-corrected chi connectivity index (χ1v) is 9.20. The summed E-state index contributed by atoms with van der Waals surface area (Å²) in [7, 11) is 2.43. The van der Waals surface area contributed by atoms with Crippen LogP contribution in [0.15, 0.2) is 52.9 Å². The number of methoxy groups -OCH3 is 2. The van der Waals surface area contributed by atoms with E-state index in [2.05, 4.69) is 14.8 Å². The highest BCUT2D eigenvalue weighted by molar-refractivity contribution is 6.31. The van der Waals surface area contributed by atoms with Gasteiger partial charge in [0.05, 0.1) is 25.3 Å². The standard InChI is InChI=1S/C22H18ClNO6/c1-12-16(5-4-6-17(12)23)18-7-8-19(30-18)20(25)24-15-10-13(21(26)28-2)9-14(11-15)22(27)29-3/h4-11H,1-3H3,(H,24,25). The van der Waals surface area contributed by atoms with Gasteiger partial charge in [-0.2, -0.15) is 0 Å². The summed E-state index contributed by atoms with van der Waals surface area (Å²) < 4.78 is 15.1. The van der Waals surface area contributed by atoms with Gasteiger partial charge in [-0.3, -0.25) is 4.79 Å². The van der Waals surface area contributed by atoms with Gasteiger partial charge < -0.3 is 19.2 Å². The Morgan fingerprint density at radius 2 is 1.57 bits per heavy atom. The number of anilines is 1. The molecule has 3 rings (SSSR count). The molecule has 0 atom stereocenters. The third kappa shape index (κ3) is 4.36. The Balaban J connectivity index is 1.89. The molecule has 0 spiro atoms. The molecule has 30 heavy (non-hydrogen) atoms. The molecule has 0 aliphatic carbocycles. The second kappa shape index (κ2) is 8.84. The first-order valence-electron chi connectivity index (χ1n) is 8.82. The fraction of sp³-hybridized carbons (Fsp3) is 0.136. The second-order valence-electron chi connectivity index (χ2n) is 6.31. The van der Waals surface area contributed by atoms with Crippen molar-refractivity contribution in [2.24, 2.45) is 0 Å². The summed E-state index contributed by atoms with van der Waals surface area (Å²) in [6.45, 7) is 1.85. The lowest BCUT2D eigenvalue weighted by atomic mass is 10.1. The molecule has 0 saturated heterocycles. The van der Waals surface area contributed by atoms with E-state index in [0.717, 1.165) is 11.1 Å². The van der Waals surface area contributed by atoms with Gasteiger partial charge in [-0.1, -0.05) is 23.7 Å². The van der Waals surface area contributed by atoms with Crippen LogP contribution in [-0.4, -0.2) is 32.1 Å². The predicted octanol–water partition coefficient (Wildman–Crippen LogP) is 4.73. The Kier molecular flexibility index (Phi) is 6.23. The van der Waals surface area contributed by atoms with Crippen LogP contribution in [0.2, 0.25) is 5.02 Å². The van der Waals surface area contributed by atoms with Gasteiger partial charge in [-0.15, -0.1) is 0 Å². The van der Waals surface area contributed by atoms with Crippen LogP contribution in [-0.2, 0) is 9.47 Å². The Morgan fingerprint density at radius 3 is 2.17 bits per heavy atom. The van der Waals surface area contributed by atoms with Crippen molar-refractivity contribution in [2.45, 2.75) is 6.92 Å². The number of rotatable bonds is 5. The van der Waals surface area contributed by atoms with E-state index in [0.29, 0.717) is 10.8 Å². The fourth-order valence-electron chi connectivity index (χ4n) is 2.84. The van der Waals surface area contributed by atoms with Crippen LogP contribution in [0.25, 0.3) is 11.3 Å². The van der Waals surface area contributed by atoms with Crippen molar-refractivity contribution in [3.8, 4) is 11.3 Å². The predicted molar refractivity (Wildman–Crippen MR) is 111 cm³/mol. The van der Waals surface area contributed by atoms with Crippen molar-refractivity contribution in [2.75, 3.05) is 19.5 Å². The molecule has 2 aromatic carbocycles. The molecule has 0 aliphatic heterocycles. The summed E-state index contributed by atoms with van der Waals surface area (Å²) in [5.74, 6) is -1.34. The molecular weight excluding hydrogens is 410 g/mol. The SMILES string of the molecule is COC(=O)c1cc(NC(=O)c2ccc(-c3cccc(Cl)c3C)o2)cc(C(=O)OC)c1. The van der Waals surface area contributed by atoms with Crippen molar-refractivity contribution in [3.05, 3.63) is 76.0 Å². The van der Waals surface area contributed by atoms with Gasteiger partial charge in [0.2, 0.25) is 0 Å². The summed E-state index contributed by atoms with van der Waals surface area (Å²) in [4.78, 5) is 36.4. The summed E-state index contributed by atoms with van der Waals surface area (Å²) in [5, 5.41) is 3.20. The van der Waals surface area contributed by atoms with E-state index in [4.69, 9.17) is 16.0 Å². The Morgan fingerprint density at radius 1 is 0.933 bits per heavy atom. The highest BCUT2D eigenvalue weighted by Crippen LogP contribution is 2.30. The minimum absolute atomic E-state index is 0.0486. The Labute approximate surface area is 177 Å². The highest BCUT2D eigenvalue weighted by Gasteiger charge is 2.18. The van der Waals surface area contributed by atoms with Crippen LogP contribution in [0.3, 0.4) is 0 Å². The van der Waals surface area contributed by atoms with Crippen LogP contribution in [0.5, 0.6) is 0 Å². The van der Waals surface area contributed by atoms with Crippen molar-refractivity contribution >= 4 is 35.1 Å². The molecule has 154 valence electrons. The van der Waals surface area contributed by atoms with Crippen LogP contribution >= 0.6 is 11.6 Å². The molecule has 7 nitrogen and oxygen atoms in total. The van der Waals surface area contributed by atoms with E-state index in [1.807, 2.05) is 13.0 Å². The zero-order valence-corrected chi connectivity index (χ0v) is 17.2. The average Bonchev–Trinajstić information content (AvgIpc) is 3.24. The summed E-state index contributed by atoms with van der Waals surface area (Å²) in [6.07, 6.45) is 0. The molecule has 0 unspecified atom stereocenters. The first-order chi connectivity index (χ1) is 14.3. The molecule has 1 heterocycles. The van der Waals surface area contributed by atoms with Gasteiger partial charge in [0.15, 0.2) is 5.76 Å². The number of hydrogen-bond acceptors (Lipinski definition) is 6. The van der Waals surface area contributed by atoms with Gasteiger partial charge in [-0.05, 0) is 48.9 Å². The third-order valence-corrected chi connectivity index (χ3v) is 4.81. The van der Waals surface area contributed by atoms with Crippen molar-refractivity contribution in [1.82, 2.24) is 0 Å². The van der Waals surface area contributed by atoms with Crippen molar-refractivity contribution in [3.63, 3.8) is 0 Å². The number of halogens is 1. The van der Waals surface area contributed by atoms with Gasteiger partial charge >= 0.3 is 11.9 Å². The number of nitrogens with one attached hydrogen (secondary N) is 1. The Bertz CT molecular complexity index is 1100. The van der Waals surface area contributed by atoms with E-state index >= 15 is 0 Å². The zero-order chi connectivity index (χ0) is 21.8. The maximum absolute atomic E-state index is 12.6. The third-order valence-electron chi connectivity index (χ3n) is 4.40. The summed E-state index contributed by atoms with van der Waals surface area (Å²) >= 11 is 6.15. The molecule has 0 aliphatic rings. The molecule has 0 radical (unpaired) electrons. The van der Waals surface area contributed by atoms with E-state index in [1.165, 1.54) is 38.5 Å². The lowest BCUT2D eigenvalue weighted by Gasteiger charge is -2.09. The van der Waals surface area contributed by atoms with E-state index in [1.54, 1.807) is 18.2 Å². The largest absolute Gasteiger partial charge is 0.465 e. The van der Waals surface area contributed by atoms with Gasteiger partial charge in [0, 0.05) is 16.3 Å². The van der Waals surface area contributed by atoms with Crippen molar-refractivity contribution < 1.29 is 28.3 Å². The van der Waals surface area contributed by atoms with Gasteiger partial charge in [0.1, 0.15) is 5.76 Å². The minimum atomic E-state index is -0.659. The number of ether oxygens (including phenoxy) is 2. The van der Waals surface area contributed by atoms with Crippen LogP contribution in [0.1, 0.15) is 36.8 Å². The van der Waals surface area contributed by atoms with Gasteiger partial charge in [0.25, 0.3) is 5.91 Å². The van der Waals surface area contributed by atoms with Gasteiger partial charge in [-0.25, -0.2) is 9.59 Å². The monoisotopic (exact) mass is 427 g/mol. The Hall–Kier alpha value is -3.58. The fourth-order valence-corrected chi connectivity index (χ4v) is 3.02. The normalized spacial score (nSPS) is 10.4. The number of esters is 2.